The summed E-state index contributed by atoms with van der Waals surface area (Å²) >= 11 is 0. The third kappa shape index (κ3) is 3.64. The first-order valence-corrected chi connectivity index (χ1v) is 13.6. The summed E-state index contributed by atoms with van der Waals surface area (Å²) in [6, 6.07) is 0. The lowest BCUT2D eigenvalue weighted by Crippen LogP contribution is -2.63. The highest BCUT2D eigenvalue weighted by atomic mass is 16.4. The molecule has 2 N–H and O–H groups in total. The van der Waals surface area contributed by atoms with Gasteiger partial charge in [0.2, 0.25) is 0 Å². The fourth-order valence-corrected chi connectivity index (χ4v) is 9.85. The van der Waals surface area contributed by atoms with Crippen molar-refractivity contribution in [3.63, 3.8) is 0 Å². The smallest absolute Gasteiger partial charge is 0.331 e. The topological polar surface area (TPSA) is 74.6 Å². The molecule has 4 heteroatoms. The number of aliphatic hydroxyl groups is 1. The first kappa shape index (κ1) is 26.4. The van der Waals surface area contributed by atoms with E-state index in [-0.39, 0.29) is 33.2 Å². The van der Waals surface area contributed by atoms with Crippen molar-refractivity contribution >= 4 is 11.8 Å². The summed E-state index contributed by atoms with van der Waals surface area (Å²) in [6.45, 7) is 21.7. The highest BCUT2D eigenvalue weighted by Gasteiger charge is 2.68. The quantitative estimate of drug-likeness (QED) is 0.258. The molecule has 194 valence electrons. The van der Waals surface area contributed by atoms with Gasteiger partial charge in [0.25, 0.3) is 0 Å². The molecule has 8 atom stereocenters. The summed E-state index contributed by atoms with van der Waals surface area (Å²) in [7, 11) is 0. The van der Waals surface area contributed by atoms with E-state index in [1.807, 2.05) is 0 Å². The molecule has 0 aromatic rings. The Hall–Kier alpha value is -1.68. The molecule has 4 nitrogen and oxygen atoms in total. The van der Waals surface area contributed by atoms with Gasteiger partial charge in [0.15, 0.2) is 0 Å². The lowest BCUT2D eigenvalue weighted by molar-refractivity contribution is -0.201. The Morgan fingerprint density at radius 3 is 2.23 bits per heavy atom. The van der Waals surface area contributed by atoms with Crippen LogP contribution >= 0.6 is 0 Å². The number of Topliss-reactive ketones (excluding diaryl/α,β-unsaturated/α-hetero) is 1. The van der Waals surface area contributed by atoms with Crippen molar-refractivity contribution in [2.45, 2.75) is 99.0 Å². The van der Waals surface area contributed by atoms with Gasteiger partial charge in [0, 0.05) is 17.4 Å². The molecule has 4 aliphatic rings. The van der Waals surface area contributed by atoms with Crippen LogP contribution < -0.4 is 0 Å². The zero-order valence-corrected chi connectivity index (χ0v) is 22.7. The molecule has 0 aliphatic heterocycles. The molecule has 0 radical (unpaired) electrons. The molecule has 0 aromatic carbocycles. The number of carboxylic acids is 1. The molecular weight excluding hydrogens is 436 g/mol. The van der Waals surface area contributed by atoms with Gasteiger partial charge in [-0.1, -0.05) is 47.8 Å². The average Bonchev–Trinajstić information content (AvgIpc) is 3.13. The highest BCUT2D eigenvalue weighted by molar-refractivity contribution is 5.86. The Labute approximate surface area is 212 Å². The predicted octanol–water partition coefficient (Wildman–Crippen LogP) is 6.74. The number of hydrogen-bond acceptors (Lipinski definition) is 3. The number of ketones is 1. The van der Waals surface area contributed by atoms with Crippen molar-refractivity contribution in [3.05, 3.63) is 36.0 Å². The zero-order valence-electron chi connectivity index (χ0n) is 22.7. The number of carbonyl (C=O) groups is 2. The molecule has 4 saturated carbocycles. The Bertz CT molecular complexity index is 988. The van der Waals surface area contributed by atoms with Crippen LogP contribution in [-0.2, 0) is 9.59 Å². The lowest BCUT2D eigenvalue weighted by Gasteiger charge is -2.69. The SMILES string of the molecule is C=C(C=C(C)C(=O)O)C(O)C(=C)C1CCC2(C)C1CCC1C3(C)CCC(=O)C(C)(C)C3CCC12C. The second-order valence-corrected chi connectivity index (χ2v) is 13.6. The summed E-state index contributed by atoms with van der Waals surface area (Å²) in [5.41, 5.74) is 1.70. The summed E-state index contributed by atoms with van der Waals surface area (Å²) in [5.74, 6) is 1.19. The lowest BCUT2D eigenvalue weighted by atomic mass is 9.35. The number of hydrogen-bond donors (Lipinski definition) is 2. The average molecular weight is 483 g/mol. The number of carboxylic acid groups (broad SMARTS) is 1. The van der Waals surface area contributed by atoms with Gasteiger partial charge in [-0.3, -0.25) is 4.79 Å². The van der Waals surface area contributed by atoms with E-state index in [2.05, 4.69) is 47.8 Å². The molecule has 0 amide bonds. The molecular formula is C31H46O4. The second-order valence-electron chi connectivity index (χ2n) is 13.6. The summed E-state index contributed by atoms with van der Waals surface area (Å²) in [4.78, 5) is 24.1. The molecule has 4 rings (SSSR count). The van der Waals surface area contributed by atoms with Gasteiger partial charge in [0.05, 0.1) is 6.10 Å². The molecule has 4 fully saturated rings. The zero-order chi connectivity index (χ0) is 26.1. The molecule has 0 heterocycles. The summed E-state index contributed by atoms with van der Waals surface area (Å²) in [6.07, 6.45) is 9.01. The number of aliphatic hydroxyl groups excluding tert-OH is 1. The van der Waals surface area contributed by atoms with E-state index in [4.69, 9.17) is 0 Å². The predicted molar refractivity (Wildman–Crippen MR) is 140 cm³/mol. The van der Waals surface area contributed by atoms with E-state index in [9.17, 15) is 19.8 Å². The van der Waals surface area contributed by atoms with E-state index in [0.717, 1.165) is 44.1 Å². The second kappa shape index (κ2) is 8.43. The van der Waals surface area contributed by atoms with Gasteiger partial charge in [-0.05, 0) is 109 Å². The molecule has 0 spiro atoms. The van der Waals surface area contributed by atoms with Crippen molar-refractivity contribution in [2.24, 2.45) is 45.3 Å². The number of carbonyl (C=O) groups excluding carboxylic acids is 1. The van der Waals surface area contributed by atoms with Crippen molar-refractivity contribution in [1.29, 1.82) is 0 Å². The van der Waals surface area contributed by atoms with Crippen LogP contribution in [-0.4, -0.2) is 28.1 Å². The standard InChI is InChI=1S/C31H46O4/c1-18(17-19(2)27(34)35)26(33)20(3)21-11-15-30(7)22(21)9-10-24-29(6)14-13-25(32)28(4,5)23(29)12-16-31(24,30)8/h17,21-24,26,33H,1,3,9-16H2,2,4-8H3,(H,34,35). The summed E-state index contributed by atoms with van der Waals surface area (Å²) in [5, 5.41) is 20.3. The van der Waals surface area contributed by atoms with Crippen molar-refractivity contribution < 1.29 is 19.8 Å². The minimum absolute atomic E-state index is 0.164. The Kier molecular flexibility index (Phi) is 6.36. The Morgan fingerprint density at radius 2 is 1.60 bits per heavy atom. The van der Waals surface area contributed by atoms with Gasteiger partial charge < -0.3 is 10.2 Å². The minimum atomic E-state index is -1.000. The van der Waals surface area contributed by atoms with Crippen LogP contribution in [0.25, 0.3) is 0 Å². The van der Waals surface area contributed by atoms with Crippen molar-refractivity contribution in [1.82, 2.24) is 0 Å². The fraction of sp³-hybridized carbons (Fsp3) is 0.742. The Balaban J connectivity index is 1.60. The van der Waals surface area contributed by atoms with Gasteiger partial charge >= 0.3 is 5.97 Å². The van der Waals surface area contributed by atoms with Gasteiger partial charge in [0.1, 0.15) is 5.78 Å². The number of fused-ring (bicyclic) bond motifs is 5. The summed E-state index contributed by atoms with van der Waals surface area (Å²) < 4.78 is 0. The van der Waals surface area contributed by atoms with Crippen molar-refractivity contribution in [3.8, 4) is 0 Å². The van der Waals surface area contributed by atoms with Gasteiger partial charge in [-0.25, -0.2) is 4.79 Å². The maximum absolute atomic E-state index is 12.9. The van der Waals surface area contributed by atoms with Crippen LogP contribution in [0.5, 0.6) is 0 Å². The van der Waals surface area contributed by atoms with Crippen LogP contribution in [0.3, 0.4) is 0 Å². The third-order valence-corrected chi connectivity index (χ3v) is 12.1. The first-order chi connectivity index (χ1) is 16.1. The Morgan fingerprint density at radius 1 is 0.971 bits per heavy atom. The van der Waals surface area contributed by atoms with Crippen LogP contribution in [0.2, 0.25) is 0 Å². The van der Waals surface area contributed by atoms with Crippen LogP contribution in [0, 0.1) is 45.3 Å². The van der Waals surface area contributed by atoms with E-state index in [0.29, 0.717) is 35.5 Å². The first-order valence-electron chi connectivity index (χ1n) is 13.6. The number of aliphatic carboxylic acids is 1. The van der Waals surface area contributed by atoms with Crippen LogP contribution in [0.4, 0.5) is 0 Å². The molecule has 35 heavy (non-hydrogen) atoms. The van der Waals surface area contributed by atoms with E-state index >= 15 is 0 Å². The van der Waals surface area contributed by atoms with Gasteiger partial charge in [-0.15, -0.1) is 0 Å². The highest BCUT2D eigenvalue weighted by Crippen LogP contribution is 2.75. The van der Waals surface area contributed by atoms with Gasteiger partial charge in [-0.2, -0.15) is 0 Å². The minimum Gasteiger partial charge on any atom is -0.478 e. The van der Waals surface area contributed by atoms with Crippen molar-refractivity contribution in [2.75, 3.05) is 0 Å². The maximum Gasteiger partial charge on any atom is 0.331 e. The van der Waals surface area contributed by atoms with Crippen LogP contribution in [0.1, 0.15) is 92.9 Å². The fourth-order valence-electron chi connectivity index (χ4n) is 9.85. The van der Waals surface area contributed by atoms with Crippen LogP contribution in [0.15, 0.2) is 36.0 Å². The van der Waals surface area contributed by atoms with E-state index in [1.165, 1.54) is 19.4 Å². The molecule has 0 bridgehead atoms. The molecule has 0 aromatic heterocycles. The normalized spacial score (nSPS) is 43.5. The molecule has 0 saturated heterocycles. The third-order valence-electron chi connectivity index (χ3n) is 12.1. The largest absolute Gasteiger partial charge is 0.478 e. The molecule has 4 aliphatic carbocycles. The van der Waals surface area contributed by atoms with E-state index in [1.54, 1.807) is 0 Å². The number of rotatable bonds is 5. The maximum atomic E-state index is 12.9. The van der Waals surface area contributed by atoms with E-state index < -0.39 is 12.1 Å². The monoisotopic (exact) mass is 482 g/mol. The molecule has 8 unspecified atom stereocenters.